The minimum Gasteiger partial charge on any atom is -0.289 e. The van der Waals surface area contributed by atoms with E-state index in [1.54, 1.807) is 0 Å². The highest BCUT2D eigenvalue weighted by atomic mass is 32.2. The highest BCUT2D eigenvalue weighted by molar-refractivity contribution is 8.15. The van der Waals surface area contributed by atoms with Crippen LogP contribution in [0.4, 0.5) is 0 Å². The van der Waals surface area contributed by atoms with Crippen LogP contribution in [-0.2, 0) is 0 Å². The summed E-state index contributed by atoms with van der Waals surface area (Å²) < 4.78 is 0. The predicted molar refractivity (Wildman–Crippen MR) is 42.0 cm³/mol. The average molecular weight is 132 g/mol. The maximum absolute atomic E-state index is 5.28. The molecular formula is C5H12N2S. The van der Waals surface area contributed by atoms with Crippen molar-refractivity contribution in [3.63, 3.8) is 0 Å². The van der Waals surface area contributed by atoms with Crippen molar-refractivity contribution in [2.24, 2.45) is 11.5 Å². The number of hydrogen-bond donors (Lipinski definition) is 2. The Morgan fingerprint density at radius 3 is 2.38 bits per heavy atom. The third kappa shape index (κ3) is 2.96. The first kappa shape index (κ1) is 7.88. The molecule has 0 saturated heterocycles. The molecule has 48 valence electrons. The number of rotatable bonds is 2. The summed E-state index contributed by atoms with van der Waals surface area (Å²) >= 11 is 0. The van der Waals surface area contributed by atoms with Crippen LogP contribution in [0, 0.1) is 0 Å². The summed E-state index contributed by atoms with van der Waals surface area (Å²) in [7, 11) is 0.0324. The van der Waals surface area contributed by atoms with Crippen LogP contribution >= 0.6 is 10.5 Å². The predicted octanol–water partition coefficient (Wildman–Crippen LogP) is 0.0759. The molecule has 1 atom stereocenters. The van der Waals surface area contributed by atoms with Gasteiger partial charge in [-0.3, -0.25) is 11.5 Å². The van der Waals surface area contributed by atoms with Gasteiger partial charge in [0.1, 0.15) is 0 Å². The molecule has 8 heavy (non-hydrogen) atoms. The second kappa shape index (κ2) is 3.83. The zero-order valence-corrected chi connectivity index (χ0v) is 5.87. The molecule has 0 amide bonds. The summed E-state index contributed by atoms with van der Waals surface area (Å²) in [5, 5.41) is 0.518. The van der Waals surface area contributed by atoms with E-state index >= 15 is 0 Å². The fourth-order valence-corrected chi connectivity index (χ4v) is 0.819. The lowest BCUT2D eigenvalue weighted by Crippen LogP contribution is -2.22. The molecule has 3 heteroatoms. The van der Waals surface area contributed by atoms with Crippen molar-refractivity contribution in [2.75, 3.05) is 12.0 Å². The first-order valence-corrected chi connectivity index (χ1v) is 4.10. The Morgan fingerprint density at radius 1 is 1.75 bits per heavy atom. The van der Waals surface area contributed by atoms with E-state index in [1.807, 2.05) is 12.3 Å². The monoisotopic (exact) mass is 132 g/mol. The lowest BCUT2D eigenvalue weighted by molar-refractivity contribution is 1.64. The standard InChI is InChI=1S/C5H12N2S/c1-3-4-8(2)5(6)7/h3H,1,4,6-7H2,2H3. The molecular weight excluding hydrogens is 120 g/mol. The fourth-order valence-electron chi connectivity index (χ4n) is 0.273. The third-order valence-corrected chi connectivity index (χ3v) is 2.31. The van der Waals surface area contributed by atoms with E-state index in [0.717, 1.165) is 5.75 Å². The van der Waals surface area contributed by atoms with Crippen molar-refractivity contribution in [1.29, 1.82) is 0 Å². The SMILES string of the molecule is C=CCS(C)=C(N)N. The largest absolute Gasteiger partial charge is 0.289 e. The third-order valence-electron chi connectivity index (χ3n) is 0.770. The van der Waals surface area contributed by atoms with E-state index in [9.17, 15) is 0 Å². The Morgan fingerprint density at radius 2 is 2.25 bits per heavy atom. The molecule has 0 spiro atoms. The zero-order valence-electron chi connectivity index (χ0n) is 5.05. The highest BCUT2D eigenvalue weighted by Gasteiger charge is 1.83. The second-order valence-corrected chi connectivity index (χ2v) is 3.57. The van der Waals surface area contributed by atoms with Crippen LogP contribution in [0.3, 0.4) is 0 Å². The van der Waals surface area contributed by atoms with Gasteiger partial charge in [0.25, 0.3) is 0 Å². The summed E-state index contributed by atoms with van der Waals surface area (Å²) in [5.41, 5.74) is 10.6. The van der Waals surface area contributed by atoms with E-state index in [-0.39, 0.29) is 10.5 Å². The van der Waals surface area contributed by atoms with Crippen LogP contribution < -0.4 is 11.5 Å². The maximum Gasteiger partial charge on any atom is 0.0775 e. The van der Waals surface area contributed by atoms with Crippen LogP contribution in [0.1, 0.15) is 0 Å². The van der Waals surface area contributed by atoms with Crippen LogP contribution in [0.2, 0.25) is 0 Å². The molecule has 0 aliphatic rings. The minimum absolute atomic E-state index is 0.0324. The van der Waals surface area contributed by atoms with Gasteiger partial charge in [0.15, 0.2) is 0 Å². The van der Waals surface area contributed by atoms with Gasteiger partial charge in [0.05, 0.1) is 5.11 Å². The zero-order chi connectivity index (χ0) is 6.57. The molecule has 0 aliphatic heterocycles. The van der Waals surface area contributed by atoms with Crippen molar-refractivity contribution in [2.45, 2.75) is 0 Å². The van der Waals surface area contributed by atoms with Gasteiger partial charge in [-0.05, 0) is 6.26 Å². The van der Waals surface area contributed by atoms with Crippen LogP contribution in [0.5, 0.6) is 0 Å². The molecule has 0 fully saturated rings. The summed E-state index contributed by atoms with van der Waals surface area (Å²) in [4.78, 5) is 0. The molecule has 0 aromatic rings. The Kier molecular flexibility index (Phi) is 3.77. The van der Waals surface area contributed by atoms with Gasteiger partial charge in [0.2, 0.25) is 0 Å². The van der Waals surface area contributed by atoms with E-state index in [4.69, 9.17) is 11.5 Å². The number of nitrogens with two attached hydrogens (primary N) is 2. The van der Waals surface area contributed by atoms with Gasteiger partial charge in [-0.1, -0.05) is 6.08 Å². The van der Waals surface area contributed by atoms with E-state index in [2.05, 4.69) is 6.58 Å². The van der Waals surface area contributed by atoms with Gasteiger partial charge < -0.3 is 0 Å². The summed E-state index contributed by atoms with van der Waals surface area (Å²) in [6.45, 7) is 3.57. The van der Waals surface area contributed by atoms with Crippen LogP contribution in [0.25, 0.3) is 0 Å². The van der Waals surface area contributed by atoms with Gasteiger partial charge in [-0.2, -0.15) is 10.5 Å². The smallest absolute Gasteiger partial charge is 0.0775 e. The molecule has 0 aromatic heterocycles. The Balaban J connectivity index is 3.79. The maximum atomic E-state index is 5.28. The molecule has 2 nitrogen and oxygen atoms in total. The summed E-state index contributed by atoms with van der Waals surface area (Å²) in [6, 6.07) is 0. The van der Waals surface area contributed by atoms with Crippen molar-refractivity contribution < 1.29 is 0 Å². The van der Waals surface area contributed by atoms with E-state index in [1.165, 1.54) is 0 Å². The lowest BCUT2D eigenvalue weighted by Gasteiger charge is -1.97. The number of hydrogen-bond acceptors (Lipinski definition) is 0. The molecule has 0 saturated carbocycles. The molecule has 0 aromatic carbocycles. The molecule has 0 aliphatic carbocycles. The first-order chi connectivity index (χ1) is 3.68. The Bertz CT molecular complexity index is 114. The van der Waals surface area contributed by atoms with Crippen LogP contribution in [0.15, 0.2) is 12.7 Å². The summed E-state index contributed by atoms with van der Waals surface area (Å²) in [6.07, 6.45) is 3.82. The first-order valence-electron chi connectivity index (χ1n) is 2.29. The Labute approximate surface area is 52.5 Å². The second-order valence-electron chi connectivity index (χ2n) is 1.49. The molecule has 0 heterocycles. The van der Waals surface area contributed by atoms with Gasteiger partial charge in [-0.15, -0.1) is 6.58 Å². The van der Waals surface area contributed by atoms with Gasteiger partial charge >= 0.3 is 0 Å². The topological polar surface area (TPSA) is 52.0 Å². The van der Waals surface area contributed by atoms with Crippen molar-refractivity contribution in [1.82, 2.24) is 0 Å². The highest BCUT2D eigenvalue weighted by Crippen LogP contribution is 2.03. The van der Waals surface area contributed by atoms with Crippen molar-refractivity contribution in [3.8, 4) is 0 Å². The molecule has 1 unspecified atom stereocenters. The van der Waals surface area contributed by atoms with Gasteiger partial charge in [-0.25, -0.2) is 0 Å². The van der Waals surface area contributed by atoms with E-state index in [0.29, 0.717) is 5.11 Å². The fraction of sp³-hybridized carbons (Fsp3) is 0.400. The summed E-state index contributed by atoms with van der Waals surface area (Å²) in [5.74, 6) is 0.891. The minimum atomic E-state index is 0.0324. The van der Waals surface area contributed by atoms with E-state index < -0.39 is 0 Å². The van der Waals surface area contributed by atoms with Crippen molar-refractivity contribution in [3.05, 3.63) is 12.7 Å². The molecule has 0 radical (unpaired) electrons. The molecule has 4 N–H and O–H groups in total. The molecule has 0 bridgehead atoms. The van der Waals surface area contributed by atoms with Gasteiger partial charge in [0, 0.05) is 5.75 Å². The quantitative estimate of drug-likeness (QED) is 0.413. The lowest BCUT2D eigenvalue weighted by atomic mass is 10.8. The average Bonchev–Trinajstić information content (AvgIpc) is 1.67. The van der Waals surface area contributed by atoms with Crippen LogP contribution in [-0.4, -0.2) is 17.1 Å². The Hall–Kier alpha value is -0.120. The van der Waals surface area contributed by atoms with Crippen molar-refractivity contribution >= 4 is 15.6 Å². The molecule has 0 rings (SSSR count). The normalized spacial score (nSPS) is 12.9.